The van der Waals surface area contributed by atoms with Crippen LogP contribution in [0.1, 0.15) is 0 Å². The van der Waals surface area contributed by atoms with Gasteiger partial charge in [-0.05, 0) is 0 Å². The molecule has 0 spiro atoms. The number of rotatable bonds is 0. The third kappa shape index (κ3) is 32.6. The fraction of sp³-hybridized carbons (Fsp3) is 0. The topological polar surface area (TPSA) is 0 Å². The van der Waals surface area contributed by atoms with Gasteiger partial charge in [0.15, 0.2) is 0 Å². The summed E-state index contributed by atoms with van der Waals surface area (Å²) in [7, 11) is 1.62. The molecule has 0 nitrogen and oxygen atoms in total. The van der Waals surface area contributed by atoms with Gasteiger partial charge in [0.05, 0.1) is 0 Å². The van der Waals surface area contributed by atoms with E-state index < -0.39 is 5.20 Å². The molecule has 0 aromatic heterocycles. The molecule has 0 saturated heterocycles. The normalized spacial score (nSPS) is 15.0. The molecule has 0 aromatic rings. The van der Waals surface area contributed by atoms with Crippen molar-refractivity contribution in [3.8, 4) is 0 Å². The molecule has 0 saturated carbocycles. The minimum atomic E-state index is -2.19. The Morgan fingerprint density at radius 1 is 1.20 bits per heavy atom. The van der Waals surface area contributed by atoms with Crippen LogP contribution in [-0.2, 0) is 0 Å². The molecule has 5 heavy (non-hydrogen) atoms. The monoisotopic (exact) mass is 150 g/mol. The Morgan fingerprint density at radius 2 is 1.20 bits per heavy atom. The first-order chi connectivity index (χ1) is 2.00. The van der Waals surface area contributed by atoms with Gasteiger partial charge in [-0.1, -0.05) is 0 Å². The van der Waals surface area contributed by atoms with Gasteiger partial charge in [-0.2, -0.15) is 0 Å². The predicted molar refractivity (Wildman–Crippen MR) is 34.4 cm³/mol. The van der Waals surface area contributed by atoms with Crippen LogP contribution in [0.25, 0.3) is 0 Å². The van der Waals surface area contributed by atoms with E-state index in [-0.39, 0.29) is 0 Å². The Morgan fingerprint density at radius 3 is 1.20 bits per heavy atom. The Balaban J connectivity index is 3.02. The van der Waals surface area contributed by atoms with Gasteiger partial charge in [0.1, 0.15) is 0 Å². The van der Waals surface area contributed by atoms with Gasteiger partial charge >= 0.3 is 46.5 Å². The van der Waals surface area contributed by atoms with Gasteiger partial charge in [-0.25, -0.2) is 0 Å². The molecule has 0 unspecified atom stereocenters. The van der Waals surface area contributed by atoms with Crippen LogP contribution in [0, 0.1) is 0 Å². The number of hydrogen-bond donors (Lipinski definition) is 0. The quantitative estimate of drug-likeness (QED) is 0.365. The summed E-state index contributed by atoms with van der Waals surface area (Å²) in [6.07, 6.45) is 0. The Labute approximate surface area is 46.9 Å². The molecule has 0 aliphatic carbocycles. The summed E-state index contributed by atoms with van der Waals surface area (Å²) < 4.78 is 0. The van der Waals surface area contributed by atoms with E-state index in [0.29, 0.717) is 0 Å². The second-order valence-corrected chi connectivity index (χ2v) is 10.9. The second kappa shape index (κ2) is 1.88. The molecular formula is H3BCl3P. The fourth-order valence-electron chi connectivity index (χ4n) is 0. The predicted octanol–water partition coefficient (Wildman–Crippen LogP) is 1.75. The average molecular weight is 151 g/mol. The van der Waals surface area contributed by atoms with E-state index in [1.165, 1.54) is 0 Å². The van der Waals surface area contributed by atoms with Gasteiger partial charge < -0.3 is 0 Å². The van der Waals surface area contributed by atoms with E-state index in [1.807, 2.05) is 0 Å². The fourth-order valence-corrected chi connectivity index (χ4v) is 0. The Kier molecular flexibility index (Phi) is 2.40. The molecule has 32 valence electrons. The maximum absolute atomic E-state index is 5.20. The number of halogens is 3. The summed E-state index contributed by atoms with van der Waals surface area (Å²) in [5.74, 6) is 0. The summed E-state index contributed by atoms with van der Waals surface area (Å²) in [5.41, 5.74) is 0. The van der Waals surface area contributed by atoms with Crippen molar-refractivity contribution < 1.29 is 0 Å². The summed E-state index contributed by atoms with van der Waals surface area (Å²) in [6, 6.07) is 0. The van der Waals surface area contributed by atoms with Crippen LogP contribution in [0.15, 0.2) is 0 Å². The molecule has 0 heterocycles. The van der Waals surface area contributed by atoms with E-state index in [0.717, 1.165) is 0 Å². The Bertz CT molecular complexity index is 22.4. The van der Waals surface area contributed by atoms with Crippen LogP contribution in [0.4, 0.5) is 0 Å². The zero-order valence-corrected chi connectivity index (χ0v) is 5.90. The molecule has 5 heteroatoms. The van der Waals surface area contributed by atoms with E-state index >= 15 is 0 Å². The molecule has 0 atom stereocenters. The standard InChI is InChI=1S/BCl3H3P/c1-5(2,3)4/h5H,1H2. The van der Waals surface area contributed by atoms with Crippen LogP contribution in [0.3, 0.4) is 0 Å². The van der Waals surface area contributed by atoms with E-state index in [1.54, 1.807) is 7.57 Å². The third-order valence-corrected chi connectivity index (χ3v) is 0. The minimum absolute atomic E-state index is 1.62. The van der Waals surface area contributed by atoms with Gasteiger partial charge in [0.25, 0.3) is 0 Å². The molecule has 0 fully saturated rings. The van der Waals surface area contributed by atoms with Crippen molar-refractivity contribution in [3.63, 3.8) is 0 Å². The van der Waals surface area contributed by atoms with E-state index in [2.05, 4.69) is 0 Å². The van der Waals surface area contributed by atoms with Crippen molar-refractivity contribution in [3.05, 3.63) is 0 Å². The molecule has 0 bridgehead atoms. The van der Waals surface area contributed by atoms with Gasteiger partial charge in [-0.3, -0.25) is 0 Å². The molecule has 0 amide bonds. The SMILES string of the molecule is B[PH](Cl)(Cl)Cl. The summed E-state index contributed by atoms with van der Waals surface area (Å²) in [6.45, 7) is 0. The van der Waals surface area contributed by atoms with Crippen molar-refractivity contribution >= 4 is 46.5 Å². The van der Waals surface area contributed by atoms with Crippen molar-refractivity contribution in [2.45, 2.75) is 0 Å². The molecular weight excluding hydrogens is 148 g/mol. The molecule has 0 aliphatic heterocycles. The molecule has 0 aliphatic rings. The van der Waals surface area contributed by atoms with E-state index in [9.17, 15) is 0 Å². The molecule has 0 radical (unpaired) electrons. The van der Waals surface area contributed by atoms with Crippen molar-refractivity contribution in [1.82, 2.24) is 0 Å². The molecule has 0 rings (SSSR count). The average Bonchev–Trinajstić information content (AvgIpc) is 0.722. The van der Waals surface area contributed by atoms with Gasteiger partial charge in [0.2, 0.25) is 0 Å². The first-order valence-corrected chi connectivity index (χ1v) is 6.60. The van der Waals surface area contributed by atoms with Gasteiger partial charge in [-0.15, -0.1) is 0 Å². The second-order valence-electron chi connectivity index (χ2n) is 0.781. The van der Waals surface area contributed by atoms with E-state index in [4.69, 9.17) is 33.7 Å². The number of hydrogen-bond acceptors (Lipinski definition) is 0. The van der Waals surface area contributed by atoms with Crippen LogP contribution in [0.2, 0.25) is 0 Å². The summed E-state index contributed by atoms with van der Waals surface area (Å²) in [4.78, 5) is 0. The summed E-state index contributed by atoms with van der Waals surface area (Å²) >= 11 is 15.6. The van der Waals surface area contributed by atoms with Crippen LogP contribution >= 0.6 is 38.9 Å². The Hall–Kier alpha value is 1.36. The van der Waals surface area contributed by atoms with Crippen molar-refractivity contribution in [2.75, 3.05) is 0 Å². The van der Waals surface area contributed by atoms with Crippen molar-refractivity contribution in [2.24, 2.45) is 0 Å². The third-order valence-electron chi connectivity index (χ3n) is 0. The zero-order chi connectivity index (χ0) is 4.50. The molecule has 0 aromatic carbocycles. The van der Waals surface area contributed by atoms with Gasteiger partial charge in [0, 0.05) is 0 Å². The van der Waals surface area contributed by atoms with Crippen LogP contribution in [0.5, 0.6) is 0 Å². The zero-order valence-electron chi connectivity index (χ0n) is 2.63. The van der Waals surface area contributed by atoms with Crippen molar-refractivity contribution in [1.29, 1.82) is 0 Å². The van der Waals surface area contributed by atoms with Crippen LogP contribution in [-0.4, -0.2) is 7.57 Å². The first-order valence-electron chi connectivity index (χ1n) is 1.07. The molecule has 0 N–H and O–H groups in total. The van der Waals surface area contributed by atoms with Crippen LogP contribution < -0.4 is 0 Å². The maximum atomic E-state index is 5.20. The summed E-state index contributed by atoms with van der Waals surface area (Å²) in [5, 5.41) is -2.19. The first kappa shape index (κ1) is 6.36.